The Bertz CT molecular complexity index is 818. The molecule has 0 aliphatic rings. The molecule has 1 atom stereocenters. The molecule has 1 amide bonds. The average Bonchev–Trinajstić information content (AvgIpc) is 3.11. The number of aromatic nitrogens is 2. The number of hydrogen-bond acceptors (Lipinski definition) is 3. The Morgan fingerprint density at radius 1 is 1.26 bits per heavy atom. The van der Waals surface area contributed by atoms with Gasteiger partial charge in [0.05, 0.1) is 5.56 Å². The SMILES string of the molecule is Cc1cc(C(=O)N[C@H](c2ccccc2)c2nccn2C)c(C)o1. The highest BCUT2D eigenvalue weighted by Crippen LogP contribution is 2.22. The molecule has 0 radical (unpaired) electrons. The number of hydrogen-bond donors (Lipinski definition) is 1. The number of aryl methyl sites for hydroxylation is 3. The number of carbonyl (C=O) groups excluding carboxylic acids is 1. The Balaban J connectivity index is 1.95. The molecule has 1 N–H and O–H groups in total. The normalized spacial score (nSPS) is 12.1. The zero-order valence-corrected chi connectivity index (χ0v) is 13.4. The fourth-order valence-electron chi connectivity index (χ4n) is 2.66. The molecule has 3 rings (SSSR count). The number of benzene rings is 1. The van der Waals surface area contributed by atoms with Gasteiger partial charge in [0.15, 0.2) is 0 Å². The van der Waals surface area contributed by atoms with Crippen LogP contribution in [0, 0.1) is 13.8 Å². The molecule has 0 saturated carbocycles. The van der Waals surface area contributed by atoms with Crippen molar-refractivity contribution in [3.05, 3.63) is 77.3 Å². The topological polar surface area (TPSA) is 60.1 Å². The van der Waals surface area contributed by atoms with Crippen LogP contribution in [0.2, 0.25) is 0 Å². The Morgan fingerprint density at radius 2 is 2.00 bits per heavy atom. The Morgan fingerprint density at radius 3 is 2.57 bits per heavy atom. The number of carbonyl (C=O) groups is 1. The van der Waals surface area contributed by atoms with Crippen LogP contribution in [0.25, 0.3) is 0 Å². The third kappa shape index (κ3) is 3.04. The molecule has 23 heavy (non-hydrogen) atoms. The monoisotopic (exact) mass is 309 g/mol. The van der Waals surface area contributed by atoms with Crippen molar-refractivity contribution in [3.8, 4) is 0 Å². The first-order valence-electron chi connectivity index (χ1n) is 7.46. The molecule has 1 aromatic carbocycles. The van der Waals surface area contributed by atoms with Crippen LogP contribution in [0.1, 0.15) is 39.3 Å². The van der Waals surface area contributed by atoms with E-state index in [0.29, 0.717) is 11.3 Å². The van der Waals surface area contributed by atoms with Crippen LogP contribution in [0.5, 0.6) is 0 Å². The van der Waals surface area contributed by atoms with Gasteiger partial charge in [-0.05, 0) is 25.5 Å². The van der Waals surface area contributed by atoms with Gasteiger partial charge in [-0.2, -0.15) is 0 Å². The second kappa shape index (κ2) is 6.12. The third-order valence-electron chi connectivity index (χ3n) is 3.81. The highest BCUT2D eigenvalue weighted by molar-refractivity contribution is 5.95. The summed E-state index contributed by atoms with van der Waals surface area (Å²) in [6.07, 6.45) is 3.59. The minimum Gasteiger partial charge on any atom is -0.466 e. The van der Waals surface area contributed by atoms with E-state index in [2.05, 4.69) is 10.3 Å². The molecule has 2 heterocycles. The molecule has 0 spiro atoms. The maximum absolute atomic E-state index is 12.7. The van der Waals surface area contributed by atoms with Gasteiger partial charge in [0.25, 0.3) is 5.91 Å². The highest BCUT2D eigenvalue weighted by Gasteiger charge is 2.23. The largest absolute Gasteiger partial charge is 0.466 e. The van der Waals surface area contributed by atoms with E-state index in [0.717, 1.165) is 17.1 Å². The zero-order chi connectivity index (χ0) is 16.4. The highest BCUT2D eigenvalue weighted by atomic mass is 16.3. The van der Waals surface area contributed by atoms with Gasteiger partial charge in [0.2, 0.25) is 0 Å². The standard InChI is InChI=1S/C18H19N3O2/c1-12-11-15(13(2)23-12)18(22)20-16(14-7-5-4-6-8-14)17-19-9-10-21(17)3/h4-11,16H,1-3H3,(H,20,22)/t16-/m1/s1. The lowest BCUT2D eigenvalue weighted by molar-refractivity contribution is 0.0939. The number of rotatable bonds is 4. The quantitative estimate of drug-likeness (QED) is 0.805. The maximum Gasteiger partial charge on any atom is 0.255 e. The molecule has 3 aromatic rings. The number of amides is 1. The van der Waals surface area contributed by atoms with E-state index in [1.807, 2.05) is 55.1 Å². The molecular formula is C18H19N3O2. The average molecular weight is 309 g/mol. The molecule has 0 aliphatic carbocycles. The lowest BCUT2D eigenvalue weighted by Gasteiger charge is -2.19. The lowest BCUT2D eigenvalue weighted by atomic mass is 10.1. The van der Waals surface area contributed by atoms with E-state index >= 15 is 0 Å². The van der Waals surface area contributed by atoms with Gasteiger partial charge in [-0.1, -0.05) is 30.3 Å². The first kappa shape index (κ1) is 15.1. The molecule has 5 heteroatoms. The summed E-state index contributed by atoms with van der Waals surface area (Å²) >= 11 is 0. The summed E-state index contributed by atoms with van der Waals surface area (Å²) in [6, 6.07) is 11.2. The summed E-state index contributed by atoms with van der Waals surface area (Å²) in [5.41, 5.74) is 1.53. The molecule has 0 unspecified atom stereocenters. The first-order valence-corrected chi connectivity index (χ1v) is 7.46. The predicted octanol–water partition coefficient (Wildman–Crippen LogP) is 3.15. The molecule has 0 fully saturated rings. The van der Waals surface area contributed by atoms with E-state index in [9.17, 15) is 4.79 Å². The predicted molar refractivity (Wildman–Crippen MR) is 87.1 cm³/mol. The van der Waals surface area contributed by atoms with Crippen molar-refractivity contribution in [1.29, 1.82) is 0 Å². The van der Waals surface area contributed by atoms with Gasteiger partial charge in [0.1, 0.15) is 23.4 Å². The van der Waals surface area contributed by atoms with E-state index in [4.69, 9.17) is 4.42 Å². The number of nitrogens with zero attached hydrogens (tertiary/aromatic N) is 2. The second-order valence-corrected chi connectivity index (χ2v) is 5.54. The van der Waals surface area contributed by atoms with Gasteiger partial charge >= 0.3 is 0 Å². The van der Waals surface area contributed by atoms with Crippen molar-refractivity contribution in [2.24, 2.45) is 7.05 Å². The van der Waals surface area contributed by atoms with Crippen molar-refractivity contribution in [2.45, 2.75) is 19.9 Å². The van der Waals surface area contributed by atoms with Crippen LogP contribution in [0.3, 0.4) is 0 Å². The van der Waals surface area contributed by atoms with Crippen molar-refractivity contribution >= 4 is 5.91 Å². The third-order valence-corrected chi connectivity index (χ3v) is 3.81. The zero-order valence-electron chi connectivity index (χ0n) is 13.4. The van der Waals surface area contributed by atoms with Gasteiger partial charge in [0, 0.05) is 19.4 Å². The molecule has 2 aromatic heterocycles. The summed E-state index contributed by atoms with van der Waals surface area (Å²) < 4.78 is 7.36. The summed E-state index contributed by atoms with van der Waals surface area (Å²) in [5, 5.41) is 3.06. The van der Waals surface area contributed by atoms with Gasteiger partial charge in [-0.25, -0.2) is 4.98 Å². The lowest BCUT2D eigenvalue weighted by Crippen LogP contribution is -2.31. The molecule has 0 saturated heterocycles. The van der Waals surface area contributed by atoms with E-state index in [1.54, 1.807) is 19.2 Å². The van der Waals surface area contributed by atoms with Crippen LogP contribution in [0.15, 0.2) is 53.2 Å². The van der Waals surface area contributed by atoms with Crippen molar-refractivity contribution in [3.63, 3.8) is 0 Å². The smallest absolute Gasteiger partial charge is 0.255 e. The van der Waals surface area contributed by atoms with Crippen LogP contribution >= 0.6 is 0 Å². The molecule has 0 aliphatic heterocycles. The molecule has 5 nitrogen and oxygen atoms in total. The van der Waals surface area contributed by atoms with Gasteiger partial charge in [-0.3, -0.25) is 4.79 Å². The van der Waals surface area contributed by atoms with E-state index < -0.39 is 0 Å². The van der Waals surface area contributed by atoms with Gasteiger partial charge < -0.3 is 14.3 Å². The second-order valence-electron chi connectivity index (χ2n) is 5.54. The van der Waals surface area contributed by atoms with E-state index in [-0.39, 0.29) is 11.9 Å². The Hall–Kier alpha value is -2.82. The summed E-state index contributed by atoms with van der Waals surface area (Å²) in [5.74, 6) is 1.95. The Kier molecular flexibility index (Phi) is 4.02. The Labute approximate surface area is 135 Å². The van der Waals surface area contributed by atoms with Crippen molar-refractivity contribution in [1.82, 2.24) is 14.9 Å². The van der Waals surface area contributed by atoms with E-state index in [1.165, 1.54) is 0 Å². The fourth-order valence-corrected chi connectivity index (χ4v) is 2.66. The maximum atomic E-state index is 12.7. The van der Waals surface area contributed by atoms with Crippen LogP contribution in [0.4, 0.5) is 0 Å². The van der Waals surface area contributed by atoms with Gasteiger partial charge in [-0.15, -0.1) is 0 Å². The molecular weight excluding hydrogens is 290 g/mol. The molecule has 0 bridgehead atoms. The molecule has 118 valence electrons. The summed E-state index contributed by atoms with van der Waals surface area (Å²) in [7, 11) is 1.91. The van der Waals surface area contributed by atoms with Crippen LogP contribution in [-0.2, 0) is 7.05 Å². The number of imidazole rings is 1. The summed E-state index contributed by atoms with van der Waals surface area (Å²) in [6.45, 7) is 3.62. The summed E-state index contributed by atoms with van der Waals surface area (Å²) in [4.78, 5) is 17.1. The number of furan rings is 1. The van der Waals surface area contributed by atoms with Crippen molar-refractivity contribution in [2.75, 3.05) is 0 Å². The fraction of sp³-hybridized carbons (Fsp3) is 0.222. The van der Waals surface area contributed by atoms with Crippen LogP contribution < -0.4 is 5.32 Å². The minimum absolute atomic E-state index is 0.170. The number of nitrogens with one attached hydrogen (secondary N) is 1. The van der Waals surface area contributed by atoms with Crippen LogP contribution in [-0.4, -0.2) is 15.5 Å². The minimum atomic E-state index is -0.321. The van der Waals surface area contributed by atoms with Crippen molar-refractivity contribution < 1.29 is 9.21 Å². The first-order chi connectivity index (χ1) is 11.1.